The first-order valence-corrected chi connectivity index (χ1v) is 10.8. The van der Waals surface area contributed by atoms with Crippen molar-refractivity contribution in [3.63, 3.8) is 0 Å². The van der Waals surface area contributed by atoms with Crippen molar-refractivity contribution >= 4 is 23.2 Å². The van der Waals surface area contributed by atoms with E-state index >= 15 is 0 Å². The molecule has 7 nitrogen and oxygen atoms in total. The zero-order valence-electron chi connectivity index (χ0n) is 16.7. The van der Waals surface area contributed by atoms with E-state index in [2.05, 4.69) is 34.4 Å². The SMILES string of the molecule is Cc1nc(C(=O)N[C@H](CC(C)C)c2nc(C(=O)NC3CCCCC3)cs2)co1. The van der Waals surface area contributed by atoms with Gasteiger partial charge in [0, 0.05) is 18.3 Å². The summed E-state index contributed by atoms with van der Waals surface area (Å²) in [6.45, 7) is 5.87. The molecule has 2 amide bonds. The molecule has 0 aromatic carbocycles. The highest BCUT2D eigenvalue weighted by Crippen LogP contribution is 2.25. The van der Waals surface area contributed by atoms with Gasteiger partial charge in [0.05, 0.1) is 6.04 Å². The molecule has 1 saturated carbocycles. The van der Waals surface area contributed by atoms with Gasteiger partial charge in [-0.3, -0.25) is 9.59 Å². The fourth-order valence-electron chi connectivity index (χ4n) is 3.45. The van der Waals surface area contributed by atoms with Gasteiger partial charge in [-0.25, -0.2) is 9.97 Å². The quantitative estimate of drug-likeness (QED) is 0.726. The van der Waals surface area contributed by atoms with Crippen LogP contribution in [0.5, 0.6) is 0 Å². The lowest BCUT2D eigenvalue weighted by molar-refractivity contribution is 0.0920. The summed E-state index contributed by atoms with van der Waals surface area (Å²) in [5.41, 5.74) is 0.670. The molecule has 2 aromatic heterocycles. The van der Waals surface area contributed by atoms with Crippen LogP contribution in [0, 0.1) is 12.8 Å². The normalized spacial score (nSPS) is 16.1. The predicted molar refractivity (Wildman–Crippen MR) is 107 cm³/mol. The lowest BCUT2D eigenvalue weighted by atomic mass is 9.95. The first-order valence-electron chi connectivity index (χ1n) is 9.91. The molecular formula is C20H28N4O3S. The molecule has 1 atom stereocenters. The van der Waals surface area contributed by atoms with Gasteiger partial charge in [-0.05, 0) is 25.2 Å². The van der Waals surface area contributed by atoms with Crippen LogP contribution in [0.4, 0.5) is 0 Å². The highest BCUT2D eigenvalue weighted by molar-refractivity contribution is 7.09. The number of aryl methyl sites for hydroxylation is 1. The zero-order valence-corrected chi connectivity index (χ0v) is 17.5. The third kappa shape index (κ3) is 5.41. The molecule has 0 aliphatic heterocycles. The van der Waals surface area contributed by atoms with Crippen LogP contribution in [-0.2, 0) is 0 Å². The van der Waals surface area contributed by atoms with Gasteiger partial charge in [0.25, 0.3) is 11.8 Å². The third-order valence-electron chi connectivity index (χ3n) is 4.86. The fourth-order valence-corrected chi connectivity index (χ4v) is 4.31. The number of carbonyl (C=O) groups excluding carboxylic acids is 2. The summed E-state index contributed by atoms with van der Waals surface area (Å²) in [5, 5.41) is 8.58. The van der Waals surface area contributed by atoms with Gasteiger partial charge in [0.15, 0.2) is 11.6 Å². The summed E-state index contributed by atoms with van der Waals surface area (Å²) >= 11 is 1.40. The van der Waals surface area contributed by atoms with Crippen LogP contribution in [-0.4, -0.2) is 27.8 Å². The van der Waals surface area contributed by atoms with E-state index in [1.54, 1.807) is 12.3 Å². The van der Waals surface area contributed by atoms with Gasteiger partial charge in [-0.2, -0.15) is 0 Å². The van der Waals surface area contributed by atoms with Crippen LogP contribution in [0.1, 0.15) is 90.3 Å². The monoisotopic (exact) mass is 404 g/mol. The average molecular weight is 405 g/mol. The molecule has 28 heavy (non-hydrogen) atoms. The Hall–Kier alpha value is -2.22. The second-order valence-electron chi connectivity index (χ2n) is 7.79. The minimum absolute atomic E-state index is 0.129. The molecule has 1 fully saturated rings. The Morgan fingerprint density at radius 3 is 2.57 bits per heavy atom. The highest BCUT2D eigenvalue weighted by Gasteiger charge is 2.24. The average Bonchev–Trinajstić information content (AvgIpc) is 3.31. The molecule has 3 rings (SSSR count). The second-order valence-corrected chi connectivity index (χ2v) is 8.68. The molecule has 1 aliphatic rings. The van der Waals surface area contributed by atoms with E-state index < -0.39 is 0 Å². The van der Waals surface area contributed by atoms with Crippen LogP contribution in [0.3, 0.4) is 0 Å². The summed E-state index contributed by atoms with van der Waals surface area (Å²) in [6, 6.07) is -0.0290. The smallest absolute Gasteiger partial charge is 0.273 e. The summed E-state index contributed by atoms with van der Waals surface area (Å²) in [6.07, 6.45) is 7.71. The molecule has 2 N–H and O–H groups in total. The minimum Gasteiger partial charge on any atom is -0.448 e. The maximum absolute atomic E-state index is 12.5. The number of nitrogens with zero attached hydrogens (tertiary/aromatic N) is 2. The largest absolute Gasteiger partial charge is 0.448 e. The van der Waals surface area contributed by atoms with Crippen molar-refractivity contribution < 1.29 is 14.0 Å². The Bertz CT molecular complexity index is 808. The molecule has 0 bridgehead atoms. The van der Waals surface area contributed by atoms with Crippen LogP contribution < -0.4 is 10.6 Å². The lowest BCUT2D eigenvalue weighted by Gasteiger charge is -2.22. The van der Waals surface area contributed by atoms with Crippen molar-refractivity contribution in [3.8, 4) is 0 Å². The van der Waals surface area contributed by atoms with Crippen molar-refractivity contribution in [2.45, 2.75) is 71.4 Å². The van der Waals surface area contributed by atoms with E-state index in [1.165, 1.54) is 24.0 Å². The van der Waals surface area contributed by atoms with Gasteiger partial charge in [-0.15, -0.1) is 11.3 Å². The third-order valence-corrected chi connectivity index (χ3v) is 5.82. The Morgan fingerprint density at radius 2 is 1.93 bits per heavy atom. The second kappa shape index (κ2) is 9.32. The number of hydrogen-bond acceptors (Lipinski definition) is 6. The number of aromatic nitrogens is 2. The molecule has 1 aliphatic carbocycles. The summed E-state index contributed by atoms with van der Waals surface area (Å²) in [4.78, 5) is 33.6. The number of rotatable bonds is 7. The van der Waals surface area contributed by atoms with Gasteiger partial charge in [0.2, 0.25) is 0 Å². The molecule has 0 radical (unpaired) electrons. The number of nitrogens with one attached hydrogen (secondary N) is 2. The predicted octanol–water partition coefficient (Wildman–Crippen LogP) is 4.02. The van der Waals surface area contributed by atoms with Crippen molar-refractivity contribution in [2.75, 3.05) is 0 Å². The van der Waals surface area contributed by atoms with Crippen LogP contribution in [0.2, 0.25) is 0 Å². The summed E-state index contributed by atoms with van der Waals surface area (Å²) < 4.78 is 5.12. The van der Waals surface area contributed by atoms with E-state index in [9.17, 15) is 9.59 Å². The van der Waals surface area contributed by atoms with E-state index in [4.69, 9.17) is 4.42 Å². The Morgan fingerprint density at radius 1 is 1.18 bits per heavy atom. The van der Waals surface area contributed by atoms with Crippen molar-refractivity contribution in [3.05, 3.63) is 33.9 Å². The first-order chi connectivity index (χ1) is 13.4. The molecule has 0 spiro atoms. The number of carbonyl (C=O) groups is 2. The number of amides is 2. The Labute approximate surface area is 169 Å². The van der Waals surface area contributed by atoms with Crippen LogP contribution in [0.25, 0.3) is 0 Å². The lowest BCUT2D eigenvalue weighted by Crippen LogP contribution is -2.36. The van der Waals surface area contributed by atoms with Gasteiger partial charge >= 0.3 is 0 Å². The number of hydrogen-bond donors (Lipinski definition) is 2. The molecular weight excluding hydrogens is 376 g/mol. The van der Waals surface area contributed by atoms with Gasteiger partial charge in [-0.1, -0.05) is 33.1 Å². The topological polar surface area (TPSA) is 97.1 Å². The van der Waals surface area contributed by atoms with E-state index in [0.717, 1.165) is 37.1 Å². The maximum Gasteiger partial charge on any atom is 0.273 e. The van der Waals surface area contributed by atoms with Crippen LogP contribution >= 0.6 is 11.3 Å². The standard InChI is InChI=1S/C20H28N4O3S/c1-12(2)9-15(23-18(25)16-10-27-13(3)21-16)20-24-17(11-28-20)19(26)22-14-7-5-4-6-8-14/h10-12,14-15H,4-9H2,1-3H3,(H,22,26)(H,23,25)/t15-/m1/s1. The molecule has 2 heterocycles. The maximum atomic E-state index is 12.5. The highest BCUT2D eigenvalue weighted by atomic mass is 32.1. The van der Waals surface area contributed by atoms with E-state index in [-0.39, 0.29) is 29.6 Å². The van der Waals surface area contributed by atoms with Crippen molar-refractivity contribution in [1.82, 2.24) is 20.6 Å². The summed E-state index contributed by atoms with van der Waals surface area (Å²) in [7, 11) is 0. The van der Waals surface area contributed by atoms with Gasteiger partial charge < -0.3 is 15.1 Å². The fraction of sp³-hybridized carbons (Fsp3) is 0.600. The van der Waals surface area contributed by atoms with E-state index in [1.807, 2.05) is 0 Å². The van der Waals surface area contributed by atoms with E-state index in [0.29, 0.717) is 17.5 Å². The van der Waals surface area contributed by atoms with Gasteiger partial charge in [0.1, 0.15) is 17.0 Å². The Kier molecular flexibility index (Phi) is 6.83. The molecule has 152 valence electrons. The number of thiazole rings is 1. The summed E-state index contributed by atoms with van der Waals surface area (Å²) in [5.74, 6) is 0.372. The molecule has 8 heteroatoms. The molecule has 0 saturated heterocycles. The zero-order chi connectivity index (χ0) is 20.1. The Balaban J connectivity index is 1.68. The molecule has 0 unspecified atom stereocenters. The number of oxazole rings is 1. The minimum atomic E-state index is -0.300. The first kappa shape index (κ1) is 20.5. The van der Waals surface area contributed by atoms with Crippen molar-refractivity contribution in [2.24, 2.45) is 5.92 Å². The molecule has 2 aromatic rings. The van der Waals surface area contributed by atoms with Crippen molar-refractivity contribution in [1.29, 1.82) is 0 Å². The van der Waals surface area contributed by atoms with Crippen LogP contribution in [0.15, 0.2) is 16.1 Å².